The minimum Gasteiger partial charge on any atom is -0.339 e. The topological polar surface area (TPSA) is 114 Å². The summed E-state index contributed by atoms with van der Waals surface area (Å²) < 4.78 is 2.11. The second kappa shape index (κ2) is 14.5. The molecule has 2 heterocycles. The first-order valence-electron chi connectivity index (χ1n) is 14.5. The van der Waals surface area contributed by atoms with Crippen molar-refractivity contribution >= 4 is 40.9 Å². The number of unbranched alkanes of at least 4 members (excludes halogenated alkanes) is 1. The average molecular weight is 633 g/mol. The van der Waals surface area contributed by atoms with Crippen LogP contribution in [-0.4, -0.2) is 72.7 Å². The minimum atomic E-state index is -0.550. The van der Waals surface area contributed by atoms with Gasteiger partial charge in [-0.15, -0.1) is 10.2 Å². The molecule has 1 aliphatic heterocycles. The van der Waals surface area contributed by atoms with Gasteiger partial charge in [0.05, 0.1) is 15.5 Å². The van der Waals surface area contributed by atoms with Crippen molar-refractivity contribution in [1.82, 2.24) is 24.6 Å². The van der Waals surface area contributed by atoms with Gasteiger partial charge >= 0.3 is 0 Å². The number of aromatic nitrogens is 3. The van der Waals surface area contributed by atoms with Gasteiger partial charge in [0.25, 0.3) is 11.6 Å². The maximum absolute atomic E-state index is 13.1. The van der Waals surface area contributed by atoms with E-state index in [-0.39, 0.29) is 34.1 Å². The van der Waals surface area contributed by atoms with E-state index in [1.807, 2.05) is 43.3 Å². The zero-order valence-corrected chi connectivity index (χ0v) is 25.9. The van der Waals surface area contributed by atoms with Crippen LogP contribution in [0, 0.1) is 10.1 Å². The van der Waals surface area contributed by atoms with E-state index in [1.54, 1.807) is 21.6 Å². The SMILES string of the molecule is CC1CN(C(=O)CCCCSc2nnc(Cc3ccccc3)n2-c2ccccc2)CCN1C(=O)c1ccc([N+](=O)[O-])cc1Cl. The number of halogens is 1. The van der Waals surface area contributed by atoms with E-state index in [4.69, 9.17) is 11.6 Å². The predicted octanol–water partition coefficient (Wildman–Crippen LogP) is 6.06. The van der Waals surface area contributed by atoms with Crippen molar-refractivity contribution in [2.45, 2.75) is 43.8 Å². The number of nitro groups is 1. The molecule has 0 radical (unpaired) electrons. The molecule has 1 unspecified atom stereocenters. The molecule has 1 aliphatic rings. The van der Waals surface area contributed by atoms with E-state index >= 15 is 0 Å². The van der Waals surface area contributed by atoms with Crippen LogP contribution in [-0.2, 0) is 11.2 Å². The Balaban J connectivity index is 1.11. The molecule has 0 spiro atoms. The summed E-state index contributed by atoms with van der Waals surface area (Å²) in [6.45, 7) is 3.12. The van der Waals surface area contributed by atoms with Crippen LogP contribution in [0.15, 0.2) is 84.0 Å². The zero-order chi connectivity index (χ0) is 31.1. The minimum absolute atomic E-state index is 0.0437. The van der Waals surface area contributed by atoms with Crippen molar-refractivity contribution in [2.24, 2.45) is 0 Å². The second-order valence-electron chi connectivity index (χ2n) is 10.6. The summed E-state index contributed by atoms with van der Waals surface area (Å²) in [5, 5.41) is 20.9. The van der Waals surface area contributed by atoms with Gasteiger partial charge in [0.1, 0.15) is 5.82 Å². The highest BCUT2D eigenvalue weighted by Crippen LogP contribution is 2.27. The van der Waals surface area contributed by atoms with Crippen LogP contribution in [0.3, 0.4) is 0 Å². The molecular formula is C32H33ClN6O4S. The van der Waals surface area contributed by atoms with Gasteiger partial charge in [-0.2, -0.15) is 0 Å². The molecule has 44 heavy (non-hydrogen) atoms. The monoisotopic (exact) mass is 632 g/mol. The van der Waals surface area contributed by atoms with Crippen molar-refractivity contribution < 1.29 is 14.5 Å². The van der Waals surface area contributed by atoms with Gasteiger partial charge in [0.15, 0.2) is 5.16 Å². The summed E-state index contributed by atoms with van der Waals surface area (Å²) in [4.78, 5) is 40.0. The third-order valence-corrected chi connectivity index (χ3v) is 8.90. The summed E-state index contributed by atoms with van der Waals surface area (Å²) in [7, 11) is 0. The number of hydrogen-bond acceptors (Lipinski definition) is 7. The third kappa shape index (κ3) is 7.46. The molecule has 0 aliphatic carbocycles. The fourth-order valence-corrected chi connectivity index (χ4v) is 6.48. The Hall–Kier alpha value is -4.22. The summed E-state index contributed by atoms with van der Waals surface area (Å²) in [6, 6.07) is 23.9. The zero-order valence-electron chi connectivity index (χ0n) is 24.3. The first-order chi connectivity index (χ1) is 21.3. The van der Waals surface area contributed by atoms with Crippen LogP contribution in [0.2, 0.25) is 5.02 Å². The number of thioether (sulfide) groups is 1. The van der Waals surface area contributed by atoms with E-state index in [0.717, 1.165) is 35.3 Å². The standard InChI is InChI=1S/C32H33ClN6O4S/c1-23-22-36(17-18-37(23)31(41)27-16-15-26(39(42)43)21-28(27)33)30(40)14-8-9-19-44-32-35-34-29(20-24-10-4-2-5-11-24)38(32)25-12-6-3-7-13-25/h2-7,10-13,15-16,21,23H,8-9,14,17-20,22H2,1H3. The molecule has 3 aromatic carbocycles. The number of para-hydroxylation sites is 1. The van der Waals surface area contributed by atoms with Crippen molar-refractivity contribution in [3.63, 3.8) is 0 Å². The van der Waals surface area contributed by atoms with Gasteiger partial charge in [0.2, 0.25) is 5.91 Å². The number of amides is 2. The number of non-ortho nitro benzene ring substituents is 1. The quantitative estimate of drug-likeness (QED) is 0.0855. The smallest absolute Gasteiger partial charge is 0.270 e. The first kappa shape index (κ1) is 31.2. The molecule has 12 heteroatoms. The molecule has 228 valence electrons. The van der Waals surface area contributed by atoms with Crippen molar-refractivity contribution in [1.29, 1.82) is 0 Å². The molecule has 0 saturated carbocycles. The van der Waals surface area contributed by atoms with Crippen LogP contribution >= 0.6 is 23.4 Å². The molecule has 1 fully saturated rings. The van der Waals surface area contributed by atoms with E-state index in [0.29, 0.717) is 32.5 Å². The molecule has 5 rings (SSSR count). The number of nitro benzene ring substituents is 1. The Bertz CT molecular complexity index is 1620. The summed E-state index contributed by atoms with van der Waals surface area (Å²) >= 11 is 7.82. The Morgan fingerprint density at radius 2 is 1.73 bits per heavy atom. The predicted molar refractivity (Wildman–Crippen MR) is 170 cm³/mol. The van der Waals surface area contributed by atoms with Crippen LogP contribution < -0.4 is 0 Å². The van der Waals surface area contributed by atoms with Crippen molar-refractivity contribution in [3.8, 4) is 5.69 Å². The van der Waals surface area contributed by atoms with Gasteiger partial charge in [-0.3, -0.25) is 24.3 Å². The van der Waals surface area contributed by atoms with Crippen LogP contribution in [0.4, 0.5) is 5.69 Å². The Morgan fingerprint density at radius 1 is 1.00 bits per heavy atom. The number of carbonyl (C=O) groups is 2. The van der Waals surface area contributed by atoms with Gasteiger partial charge in [-0.05, 0) is 43.5 Å². The number of rotatable bonds is 11. The van der Waals surface area contributed by atoms with Crippen LogP contribution in [0.25, 0.3) is 5.69 Å². The molecule has 10 nitrogen and oxygen atoms in total. The molecule has 1 aromatic heterocycles. The highest BCUT2D eigenvalue weighted by molar-refractivity contribution is 7.99. The van der Waals surface area contributed by atoms with E-state index < -0.39 is 4.92 Å². The van der Waals surface area contributed by atoms with Gasteiger partial charge in [-0.1, -0.05) is 71.9 Å². The molecule has 4 aromatic rings. The fourth-order valence-electron chi connectivity index (χ4n) is 5.25. The number of nitrogens with zero attached hydrogens (tertiary/aromatic N) is 6. The van der Waals surface area contributed by atoms with Gasteiger partial charge in [-0.25, -0.2) is 0 Å². The lowest BCUT2D eigenvalue weighted by molar-refractivity contribution is -0.384. The van der Waals surface area contributed by atoms with Crippen molar-refractivity contribution in [3.05, 3.63) is 111 Å². The summed E-state index contributed by atoms with van der Waals surface area (Å²) in [5.41, 5.74) is 2.24. The van der Waals surface area contributed by atoms with E-state index in [9.17, 15) is 19.7 Å². The molecular weight excluding hydrogens is 600 g/mol. The highest BCUT2D eigenvalue weighted by atomic mass is 35.5. The lowest BCUT2D eigenvalue weighted by Crippen LogP contribution is -2.55. The number of piperazine rings is 1. The molecule has 1 saturated heterocycles. The molecule has 0 N–H and O–H groups in total. The number of hydrogen-bond donors (Lipinski definition) is 0. The Kier molecular flexibility index (Phi) is 10.3. The van der Waals surface area contributed by atoms with Crippen molar-refractivity contribution in [2.75, 3.05) is 25.4 Å². The number of carbonyl (C=O) groups excluding carboxylic acids is 2. The van der Waals surface area contributed by atoms with Crippen LogP contribution in [0.1, 0.15) is 47.9 Å². The second-order valence-corrected chi connectivity index (χ2v) is 12.1. The maximum atomic E-state index is 13.1. The third-order valence-electron chi connectivity index (χ3n) is 7.57. The Morgan fingerprint density at radius 3 is 2.41 bits per heavy atom. The fraction of sp³-hybridized carbons (Fsp3) is 0.312. The first-order valence-corrected chi connectivity index (χ1v) is 15.9. The summed E-state index contributed by atoms with van der Waals surface area (Å²) in [6.07, 6.45) is 2.70. The Labute approximate surface area is 265 Å². The summed E-state index contributed by atoms with van der Waals surface area (Å²) in [5.74, 6) is 1.46. The van der Waals surface area contributed by atoms with Crippen LogP contribution in [0.5, 0.6) is 0 Å². The average Bonchev–Trinajstić information content (AvgIpc) is 3.43. The molecule has 0 bridgehead atoms. The maximum Gasteiger partial charge on any atom is 0.270 e. The normalized spacial score (nSPS) is 14.9. The molecule has 2 amide bonds. The highest BCUT2D eigenvalue weighted by Gasteiger charge is 2.31. The van der Waals surface area contributed by atoms with Gasteiger partial charge in [0, 0.05) is 62.1 Å². The van der Waals surface area contributed by atoms with E-state index in [1.165, 1.54) is 23.8 Å². The lowest BCUT2D eigenvalue weighted by atomic mass is 10.1. The van der Waals surface area contributed by atoms with E-state index in [2.05, 4.69) is 39.0 Å². The lowest BCUT2D eigenvalue weighted by Gasteiger charge is -2.40. The number of benzene rings is 3. The molecule has 1 atom stereocenters. The van der Waals surface area contributed by atoms with Gasteiger partial charge < -0.3 is 9.80 Å². The largest absolute Gasteiger partial charge is 0.339 e.